The number of aryl methyl sites for hydroxylation is 1. The molecule has 1 atom stereocenters. The third-order valence-electron chi connectivity index (χ3n) is 3.96. The van der Waals surface area contributed by atoms with Crippen molar-refractivity contribution in [3.63, 3.8) is 0 Å². The standard InChI is InChI=1S/C19H22N2O2/c1-13(11-19(3,4)12-20)15-7-5-6-8-17(15)21-18(22)16-9-10-23-14(16)2/h5-10,13H,11H2,1-4H3,(H,21,22). The first-order valence-electron chi connectivity index (χ1n) is 7.69. The van der Waals surface area contributed by atoms with E-state index < -0.39 is 5.41 Å². The van der Waals surface area contributed by atoms with Gasteiger partial charge in [-0.25, -0.2) is 0 Å². The molecule has 2 rings (SSSR count). The summed E-state index contributed by atoms with van der Waals surface area (Å²) >= 11 is 0. The van der Waals surface area contributed by atoms with Crippen molar-refractivity contribution >= 4 is 11.6 Å². The third kappa shape index (κ3) is 4.01. The van der Waals surface area contributed by atoms with Crippen LogP contribution in [-0.2, 0) is 0 Å². The molecule has 0 fully saturated rings. The van der Waals surface area contributed by atoms with E-state index in [1.807, 2.05) is 38.1 Å². The predicted octanol–water partition coefficient (Wildman–Crippen LogP) is 4.88. The molecule has 1 amide bonds. The number of anilines is 1. The number of benzene rings is 1. The topological polar surface area (TPSA) is 66.0 Å². The van der Waals surface area contributed by atoms with Gasteiger partial charge < -0.3 is 9.73 Å². The first-order chi connectivity index (χ1) is 10.8. The molecule has 1 aromatic carbocycles. The number of para-hydroxylation sites is 1. The first kappa shape index (κ1) is 16.8. The molecular formula is C19H22N2O2. The Morgan fingerprint density at radius 2 is 2.04 bits per heavy atom. The summed E-state index contributed by atoms with van der Waals surface area (Å²) in [5.41, 5.74) is 1.94. The molecule has 0 bridgehead atoms. The van der Waals surface area contributed by atoms with Crippen LogP contribution in [0.15, 0.2) is 41.0 Å². The monoisotopic (exact) mass is 310 g/mol. The van der Waals surface area contributed by atoms with Gasteiger partial charge in [-0.15, -0.1) is 0 Å². The fraction of sp³-hybridized carbons (Fsp3) is 0.368. The molecule has 0 aliphatic carbocycles. The maximum absolute atomic E-state index is 12.4. The van der Waals surface area contributed by atoms with Gasteiger partial charge in [0.05, 0.1) is 23.3 Å². The van der Waals surface area contributed by atoms with E-state index >= 15 is 0 Å². The Bertz CT molecular complexity index is 738. The summed E-state index contributed by atoms with van der Waals surface area (Å²) in [7, 11) is 0. The Morgan fingerprint density at radius 1 is 1.35 bits per heavy atom. The van der Waals surface area contributed by atoms with Crippen LogP contribution in [0.4, 0.5) is 5.69 Å². The third-order valence-corrected chi connectivity index (χ3v) is 3.96. The van der Waals surface area contributed by atoms with Gasteiger partial charge in [0, 0.05) is 5.69 Å². The Labute approximate surface area is 137 Å². The molecule has 4 nitrogen and oxygen atoms in total. The minimum atomic E-state index is -0.405. The van der Waals surface area contributed by atoms with Crippen molar-refractivity contribution in [3.05, 3.63) is 53.5 Å². The van der Waals surface area contributed by atoms with Crippen LogP contribution >= 0.6 is 0 Å². The summed E-state index contributed by atoms with van der Waals surface area (Å²) in [6.45, 7) is 7.70. The molecule has 1 unspecified atom stereocenters. The molecule has 120 valence electrons. The fourth-order valence-electron chi connectivity index (χ4n) is 2.77. The molecule has 1 heterocycles. The van der Waals surface area contributed by atoms with Crippen LogP contribution in [0.2, 0.25) is 0 Å². The lowest BCUT2D eigenvalue weighted by Gasteiger charge is -2.23. The molecule has 2 aromatic rings. The molecule has 0 saturated carbocycles. The number of nitrogens with one attached hydrogen (secondary N) is 1. The van der Waals surface area contributed by atoms with Crippen LogP contribution in [0, 0.1) is 23.7 Å². The van der Waals surface area contributed by atoms with Crippen LogP contribution in [0.3, 0.4) is 0 Å². The van der Waals surface area contributed by atoms with Gasteiger partial charge in [0.25, 0.3) is 5.91 Å². The van der Waals surface area contributed by atoms with E-state index in [-0.39, 0.29) is 11.8 Å². The van der Waals surface area contributed by atoms with Gasteiger partial charge in [0.15, 0.2) is 0 Å². The zero-order valence-electron chi connectivity index (χ0n) is 14.0. The summed E-state index contributed by atoms with van der Waals surface area (Å²) in [5.74, 6) is 0.570. The number of hydrogen-bond acceptors (Lipinski definition) is 3. The maximum Gasteiger partial charge on any atom is 0.259 e. The number of nitriles is 1. The number of carbonyl (C=O) groups excluding carboxylic acids is 1. The Morgan fingerprint density at radius 3 is 2.65 bits per heavy atom. The quantitative estimate of drug-likeness (QED) is 0.855. The molecular weight excluding hydrogens is 288 g/mol. The van der Waals surface area contributed by atoms with Crippen molar-refractivity contribution in [3.8, 4) is 6.07 Å². The second kappa shape index (κ2) is 6.70. The zero-order chi connectivity index (χ0) is 17.0. The molecule has 1 aromatic heterocycles. The highest BCUT2D eigenvalue weighted by Crippen LogP contribution is 2.34. The van der Waals surface area contributed by atoms with E-state index in [1.165, 1.54) is 6.26 Å². The lowest BCUT2D eigenvalue weighted by atomic mass is 9.81. The number of rotatable bonds is 5. The van der Waals surface area contributed by atoms with E-state index in [9.17, 15) is 10.1 Å². The van der Waals surface area contributed by atoms with E-state index in [2.05, 4.69) is 18.3 Å². The summed E-state index contributed by atoms with van der Waals surface area (Å²) in [6, 6.07) is 11.7. The van der Waals surface area contributed by atoms with Crippen LogP contribution in [0.5, 0.6) is 0 Å². The fourth-order valence-corrected chi connectivity index (χ4v) is 2.77. The van der Waals surface area contributed by atoms with Crippen LogP contribution < -0.4 is 5.32 Å². The van der Waals surface area contributed by atoms with Crippen LogP contribution in [0.25, 0.3) is 0 Å². The van der Waals surface area contributed by atoms with Crippen molar-refractivity contribution in [1.82, 2.24) is 0 Å². The minimum Gasteiger partial charge on any atom is -0.469 e. The molecule has 1 N–H and O–H groups in total. The number of nitrogens with zero attached hydrogens (tertiary/aromatic N) is 1. The van der Waals surface area contributed by atoms with Gasteiger partial charge in [-0.05, 0) is 50.8 Å². The van der Waals surface area contributed by atoms with Crippen molar-refractivity contribution < 1.29 is 9.21 Å². The number of carbonyl (C=O) groups is 1. The van der Waals surface area contributed by atoms with Gasteiger partial charge >= 0.3 is 0 Å². The molecule has 23 heavy (non-hydrogen) atoms. The van der Waals surface area contributed by atoms with Gasteiger partial charge in [-0.1, -0.05) is 25.1 Å². The molecule has 0 spiro atoms. The largest absolute Gasteiger partial charge is 0.469 e. The lowest BCUT2D eigenvalue weighted by Crippen LogP contribution is -2.16. The van der Waals surface area contributed by atoms with Crippen molar-refractivity contribution in [2.24, 2.45) is 5.41 Å². The number of amides is 1. The number of furan rings is 1. The van der Waals surface area contributed by atoms with E-state index in [1.54, 1.807) is 13.0 Å². The van der Waals surface area contributed by atoms with Gasteiger partial charge in [0.1, 0.15) is 5.76 Å². The van der Waals surface area contributed by atoms with Crippen molar-refractivity contribution in [2.45, 2.75) is 40.0 Å². The summed E-state index contributed by atoms with van der Waals surface area (Å²) < 4.78 is 5.18. The zero-order valence-corrected chi connectivity index (χ0v) is 14.0. The van der Waals surface area contributed by atoms with Gasteiger partial charge in [-0.3, -0.25) is 4.79 Å². The van der Waals surface area contributed by atoms with E-state index in [0.717, 1.165) is 17.7 Å². The van der Waals surface area contributed by atoms with E-state index in [4.69, 9.17) is 4.42 Å². The normalized spacial score (nSPS) is 12.5. The SMILES string of the molecule is Cc1occc1C(=O)Nc1ccccc1C(C)CC(C)(C)C#N. The summed E-state index contributed by atoms with van der Waals surface area (Å²) in [4.78, 5) is 12.4. The van der Waals surface area contributed by atoms with Crippen molar-refractivity contribution in [1.29, 1.82) is 5.26 Å². The number of hydrogen-bond donors (Lipinski definition) is 1. The van der Waals surface area contributed by atoms with Gasteiger partial charge in [-0.2, -0.15) is 5.26 Å². The second-order valence-corrected chi connectivity index (χ2v) is 6.53. The lowest BCUT2D eigenvalue weighted by molar-refractivity contribution is 0.102. The summed E-state index contributed by atoms with van der Waals surface area (Å²) in [5, 5.41) is 12.2. The Kier molecular flexibility index (Phi) is 4.90. The van der Waals surface area contributed by atoms with Crippen LogP contribution in [0.1, 0.15) is 54.8 Å². The molecule has 0 radical (unpaired) electrons. The molecule has 0 saturated heterocycles. The van der Waals surface area contributed by atoms with Gasteiger partial charge in [0.2, 0.25) is 0 Å². The minimum absolute atomic E-state index is 0.159. The molecule has 4 heteroatoms. The average Bonchev–Trinajstić information content (AvgIpc) is 2.93. The second-order valence-electron chi connectivity index (χ2n) is 6.53. The smallest absolute Gasteiger partial charge is 0.259 e. The molecule has 0 aliphatic rings. The maximum atomic E-state index is 12.4. The van der Waals surface area contributed by atoms with Crippen LogP contribution in [-0.4, -0.2) is 5.91 Å². The average molecular weight is 310 g/mol. The highest BCUT2D eigenvalue weighted by molar-refractivity contribution is 6.05. The highest BCUT2D eigenvalue weighted by Gasteiger charge is 2.23. The summed E-state index contributed by atoms with van der Waals surface area (Å²) in [6.07, 6.45) is 2.23. The molecule has 0 aliphatic heterocycles. The Balaban J connectivity index is 2.23. The first-order valence-corrected chi connectivity index (χ1v) is 7.69. The Hall–Kier alpha value is -2.54. The van der Waals surface area contributed by atoms with E-state index in [0.29, 0.717) is 11.3 Å². The predicted molar refractivity (Wildman–Crippen MR) is 90.3 cm³/mol. The van der Waals surface area contributed by atoms with Crippen molar-refractivity contribution in [2.75, 3.05) is 5.32 Å². The highest BCUT2D eigenvalue weighted by atomic mass is 16.3.